The minimum atomic E-state index is -3.41. The molecule has 0 bridgehead atoms. The van der Waals surface area contributed by atoms with Crippen LogP contribution < -0.4 is 15.8 Å². The van der Waals surface area contributed by atoms with Gasteiger partial charge in [0.2, 0.25) is 10.0 Å². The van der Waals surface area contributed by atoms with Crippen LogP contribution in [0.25, 0.3) is 0 Å². The zero-order valence-corrected chi connectivity index (χ0v) is 10.3. The lowest BCUT2D eigenvalue weighted by molar-refractivity contribution is 0.588. The highest BCUT2D eigenvalue weighted by atomic mass is 32.2. The van der Waals surface area contributed by atoms with Gasteiger partial charge in [-0.15, -0.1) is 0 Å². The van der Waals surface area contributed by atoms with Gasteiger partial charge in [-0.25, -0.2) is 13.1 Å². The average Bonchev–Trinajstić information content (AvgIpc) is 2.27. The summed E-state index contributed by atoms with van der Waals surface area (Å²) in [5, 5.41) is 3.08. The first-order valence-corrected chi connectivity index (χ1v) is 6.56. The molecule has 90 valence electrons. The predicted octanol–water partition coefficient (Wildman–Crippen LogP) is 0.999. The highest BCUT2D eigenvalue weighted by Crippen LogP contribution is 2.22. The Morgan fingerprint density at radius 1 is 1.38 bits per heavy atom. The van der Waals surface area contributed by atoms with Crippen LogP contribution in [0.15, 0.2) is 23.1 Å². The first-order chi connectivity index (χ1) is 7.51. The van der Waals surface area contributed by atoms with E-state index in [2.05, 4.69) is 10.0 Å². The molecule has 16 heavy (non-hydrogen) atoms. The van der Waals surface area contributed by atoms with Gasteiger partial charge in [0.05, 0.1) is 16.3 Å². The van der Waals surface area contributed by atoms with E-state index in [9.17, 15) is 8.42 Å². The molecular formula is C10H17N3O2S. The second-order valence-corrected chi connectivity index (χ2v) is 5.27. The molecule has 0 aliphatic carbocycles. The van der Waals surface area contributed by atoms with Crippen molar-refractivity contribution >= 4 is 21.4 Å². The first-order valence-electron chi connectivity index (χ1n) is 5.08. The highest BCUT2D eigenvalue weighted by Gasteiger charge is 2.12. The van der Waals surface area contributed by atoms with Gasteiger partial charge in [-0.3, -0.25) is 0 Å². The number of sulfonamides is 1. The van der Waals surface area contributed by atoms with Crippen molar-refractivity contribution in [2.45, 2.75) is 18.2 Å². The molecule has 0 spiro atoms. The van der Waals surface area contributed by atoms with Gasteiger partial charge in [0.25, 0.3) is 0 Å². The van der Waals surface area contributed by atoms with Crippen molar-refractivity contribution in [3.05, 3.63) is 18.2 Å². The molecule has 1 aromatic carbocycles. The van der Waals surface area contributed by atoms with Crippen molar-refractivity contribution in [2.75, 3.05) is 24.6 Å². The smallest absolute Gasteiger partial charge is 0.240 e. The van der Waals surface area contributed by atoms with Gasteiger partial charge in [-0.1, -0.05) is 6.92 Å². The monoisotopic (exact) mass is 243 g/mol. The Labute approximate surface area is 96.1 Å². The van der Waals surface area contributed by atoms with Crippen molar-refractivity contribution in [1.82, 2.24) is 4.72 Å². The molecule has 0 aromatic heterocycles. The summed E-state index contributed by atoms with van der Waals surface area (Å²) in [6.07, 6.45) is 0.947. The van der Waals surface area contributed by atoms with Crippen molar-refractivity contribution in [3.8, 4) is 0 Å². The average molecular weight is 243 g/mol. The topological polar surface area (TPSA) is 84.2 Å². The van der Waals surface area contributed by atoms with E-state index >= 15 is 0 Å². The van der Waals surface area contributed by atoms with Gasteiger partial charge in [-0.2, -0.15) is 0 Å². The van der Waals surface area contributed by atoms with E-state index in [0.29, 0.717) is 11.4 Å². The lowest BCUT2D eigenvalue weighted by Crippen LogP contribution is -2.19. The summed E-state index contributed by atoms with van der Waals surface area (Å²) in [5.74, 6) is 0. The molecule has 0 atom stereocenters. The normalized spacial score (nSPS) is 11.4. The van der Waals surface area contributed by atoms with E-state index in [1.165, 1.54) is 19.2 Å². The zero-order valence-electron chi connectivity index (χ0n) is 9.45. The largest absolute Gasteiger partial charge is 0.397 e. The van der Waals surface area contributed by atoms with Crippen LogP contribution in [-0.2, 0) is 10.0 Å². The molecule has 0 radical (unpaired) electrons. The maximum absolute atomic E-state index is 11.6. The van der Waals surface area contributed by atoms with Crippen LogP contribution in [0, 0.1) is 0 Å². The Bertz CT molecular complexity index is 457. The molecule has 0 unspecified atom stereocenters. The SMILES string of the molecule is CCCNc1cc(S(=O)(=O)NC)ccc1N. The summed E-state index contributed by atoms with van der Waals surface area (Å²) in [6, 6.07) is 4.61. The van der Waals surface area contributed by atoms with Gasteiger partial charge in [0.15, 0.2) is 0 Å². The fourth-order valence-electron chi connectivity index (χ4n) is 1.23. The van der Waals surface area contributed by atoms with Crippen LogP contribution in [0.1, 0.15) is 13.3 Å². The molecule has 4 N–H and O–H groups in total. The summed E-state index contributed by atoms with van der Waals surface area (Å²) in [7, 11) is -2.03. The highest BCUT2D eigenvalue weighted by molar-refractivity contribution is 7.89. The number of nitrogen functional groups attached to an aromatic ring is 1. The number of nitrogens with two attached hydrogens (primary N) is 1. The molecule has 1 rings (SSSR count). The third kappa shape index (κ3) is 2.86. The van der Waals surface area contributed by atoms with Crippen molar-refractivity contribution in [3.63, 3.8) is 0 Å². The summed E-state index contributed by atoms with van der Waals surface area (Å²) < 4.78 is 25.4. The Balaban J connectivity index is 3.07. The van der Waals surface area contributed by atoms with E-state index in [4.69, 9.17) is 5.73 Å². The number of nitrogens with one attached hydrogen (secondary N) is 2. The molecule has 0 aliphatic heterocycles. The predicted molar refractivity (Wildman–Crippen MR) is 65.9 cm³/mol. The van der Waals surface area contributed by atoms with E-state index < -0.39 is 10.0 Å². The van der Waals surface area contributed by atoms with E-state index in [1.54, 1.807) is 6.07 Å². The van der Waals surface area contributed by atoms with Gasteiger partial charge in [0.1, 0.15) is 0 Å². The third-order valence-corrected chi connectivity index (χ3v) is 3.58. The standard InChI is InChI=1S/C10H17N3O2S/c1-3-6-13-10-7-8(4-5-9(10)11)16(14,15)12-2/h4-5,7,12-13H,3,6,11H2,1-2H3. The molecule has 0 heterocycles. The number of benzene rings is 1. The van der Waals surface area contributed by atoms with Crippen molar-refractivity contribution < 1.29 is 8.42 Å². The van der Waals surface area contributed by atoms with Crippen molar-refractivity contribution in [1.29, 1.82) is 0 Å². The van der Waals surface area contributed by atoms with Crippen LogP contribution in [0.4, 0.5) is 11.4 Å². The van der Waals surface area contributed by atoms with Gasteiger partial charge < -0.3 is 11.1 Å². The summed E-state index contributed by atoms with van der Waals surface area (Å²) in [4.78, 5) is 0.211. The van der Waals surface area contributed by atoms with E-state index in [1.807, 2.05) is 6.92 Å². The second kappa shape index (κ2) is 5.18. The van der Waals surface area contributed by atoms with Gasteiger partial charge in [-0.05, 0) is 31.7 Å². The maximum Gasteiger partial charge on any atom is 0.240 e. The summed E-state index contributed by atoms with van der Waals surface area (Å²) >= 11 is 0. The quantitative estimate of drug-likeness (QED) is 0.674. The summed E-state index contributed by atoms with van der Waals surface area (Å²) in [6.45, 7) is 2.78. The third-order valence-electron chi connectivity index (χ3n) is 2.17. The van der Waals surface area contributed by atoms with Gasteiger partial charge in [0, 0.05) is 6.54 Å². The van der Waals surface area contributed by atoms with Gasteiger partial charge >= 0.3 is 0 Å². The molecule has 0 fully saturated rings. The van der Waals surface area contributed by atoms with Crippen LogP contribution in [0.3, 0.4) is 0 Å². The second-order valence-electron chi connectivity index (χ2n) is 3.38. The molecule has 0 amide bonds. The van der Waals surface area contributed by atoms with Crippen LogP contribution >= 0.6 is 0 Å². The van der Waals surface area contributed by atoms with E-state index in [-0.39, 0.29) is 4.90 Å². The van der Waals surface area contributed by atoms with Crippen molar-refractivity contribution in [2.24, 2.45) is 0 Å². The Kier molecular flexibility index (Phi) is 4.14. The molecular weight excluding hydrogens is 226 g/mol. The fourth-order valence-corrected chi connectivity index (χ4v) is 1.99. The van der Waals surface area contributed by atoms with Crippen LogP contribution in [0.5, 0.6) is 0 Å². The molecule has 6 heteroatoms. The lowest BCUT2D eigenvalue weighted by Gasteiger charge is -2.10. The Hall–Kier alpha value is -1.27. The zero-order chi connectivity index (χ0) is 12.2. The Morgan fingerprint density at radius 3 is 2.62 bits per heavy atom. The minimum Gasteiger partial charge on any atom is -0.397 e. The minimum absolute atomic E-state index is 0.211. The molecule has 1 aromatic rings. The fraction of sp³-hybridized carbons (Fsp3) is 0.400. The molecule has 0 saturated heterocycles. The van der Waals surface area contributed by atoms with Crippen LogP contribution in [0.2, 0.25) is 0 Å². The summed E-state index contributed by atoms with van der Waals surface area (Å²) in [5.41, 5.74) is 6.93. The van der Waals surface area contributed by atoms with Crippen LogP contribution in [-0.4, -0.2) is 22.0 Å². The molecule has 0 aliphatic rings. The number of hydrogen-bond acceptors (Lipinski definition) is 4. The Morgan fingerprint density at radius 2 is 2.06 bits per heavy atom. The molecule has 5 nitrogen and oxygen atoms in total. The number of rotatable bonds is 5. The number of hydrogen-bond donors (Lipinski definition) is 3. The molecule has 0 saturated carbocycles. The van der Waals surface area contributed by atoms with E-state index in [0.717, 1.165) is 13.0 Å². The number of anilines is 2. The lowest BCUT2D eigenvalue weighted by atomic mass is 10.2. The maximum atomic E-state index is 11.6. The first kappa shape index (κ1) is 12.8.